The van der Waals surface area contributed by atoms with E-state index in [1.54, 1.807) is 11.8 Å². The smallest absolute Gasteiger partial charge is 0.227 e. The van der Waals surface area contributed by atoms with Gasteiger partial charge in [-0.3, -0.25) is 4.79 Å². The highest BCUT2D eigenvalue weighted by atomic mass is 32.2. The maximum atomic E-state index is 13.0. The highest BCUT2D eigenvalue weighted by Gasteiger charge is 2.24. The minimum absolute atomic E-state index is 0.198. The number of hydrogen-bond acceptors (Lipinski definition) is 4. The molecule has 5 heteroatoms. The lowest BCUT2D eigenvalue weighted by Crippen LogP contribution is -2.36. The quantitative estimate of drug-likeness (QED) is 0.594. The standard InChI is InChI=1S/C21H27N3OS/c1-13-11-14(2)17-7-6-10-24(19(17)12-13)20(25)9-8-18-15(3)22-21(26-5)23-16(18)4/h11-12H,6-10H2,1-5H3. The molecule has 0 bridgehead atoms. The number of carbonyl (C=O) groups excluding carboxylic acids is 1. The normalized spacial score (nSPS) is 13.7. The Kier molecular flexibility index (Phi) is 5.66. The first-order valence-electron chi connectivity index (χ1n) is 9.19. The van der Waals surface area contributed by atoms with Gasteiger partial charge in [0.1, 0.15) is 0 Å². The molecule has 0 saturated heterocycles. The number of nitrogens with zero attached hydrogens (tertiary/aromatic N) is 3. The van der Waals surface area contributed by atoms with Gasteiger partial charge in [-0.25, -0.2) is 9.97 Å². The summed E-state index contributed by atoms with van der Waals surface area (Å²) in [4.78, 5) is 24.0. The van der Waals surface area contributed by atoms with E-state index in [-0.39, 0.29) is 5.91 Å². The summed E-state index contributed by atoms with van der Waals surface area (Å²) >= 11 is 1.55. The predicted octanol–water partition coefficient (Wildman–Crippen LogP) is 4.34. The second kappa shape index (κ2) is 7.78. The maximum Gasteiger partial charge on any atom is 0.227 e. The van der Waals surface area contributed by atoms with Crippen LogP contribution in [0.3, 0.4) is 0 Å². The first-order valence-corrected chi connectivity index (χ1v) is 10.4. The summed E-state index contributed by atoms with van der Waals surface area (Å²) in [7, 11) is 0. The van der Waals surface area contributed by atoms with Crippen molar-refractivity contribution in [3.8, 4) is 0 Å². The number of rotatable bonds is 4. The monoisotopic (exact) mass is 369 g/mol. The summed E-state index contributed by atoms with van der Waals surface area (Å²) in [6, 6.07) is 4.37. The molecule has 1 aliphatic heterocycles. The minimum Gasteiger partial charge on any atom is -0.312 e. The van der Waals surface area contributed by atoms with Crippen molar-refractivity contribution in [3.63, 3.8) is 0 Å². The van der Waals surface area contributed by atoms with Crippen LogP contribution in [0.1, 0.15) is 46.5 Å². The summed E-state index contributed by atoms with van der Waals surface area (Å²) in [6.07, 6.45) is 5.27. The Morgan fingerprint density at radius 3 is 2.50 bits per heavy atom. The second-order valence-electron chi connectivity index (χ2n) is 7.09. The lowest BCUT2D eigenvalue weighted by atomic mass is 9.94. The first kappa shape index (κ1) is 18.9. The van der Waals surface area contributed by atoms with Gasteiger partial charge in [-0.15, -0.1) is 0 Å². The average Bonchev–Trinajstić information content (AvgIpc) is 2.60. The summed E-state index contributed by atoms with van der Waals surface area (Å²) in [5.41, 5.74) is 8.03. The largest absolute Gasteiger partial charge is 0.312 e. The van der Waals surface area contributed by atoms with Crippen molar-refractivity contribution in [1.29, 1.82) is 0 Å². The molecule has 138 valence electrons. The molecule has 2 heterocycles. The Balaban J connectivity index is 1.79. The Morgan fingerprint density at radius 2 is 1.85 bits per heavy atom. The van der Waals surface area contributed by atoms with Crippen LogP contribution in [0.25, 0.3) is 0 Å². The van der Waals surface area contributed by atoms with Gasteiger partial charge in [-0.05, 0) is 81.5 Å². The van der Waals surface area contributed by atoms with Crippen LogP contribution in [0.5, 0.6) is 0 Å². The number of aryl methyl sites for hydroxylation is 4. The summed E-state index contributed by atoms with van der Waals surface area (Å²) in [5.74, 6) is 0.198. The van der Waals surface area contributed by atoms with Crippen LogP contribution in [0.15, 0.2) is 17.3 Å². The molecule has 0 spiro atoms. The van der Waals surface area contributed by atoms with Gasteiger partial charge in [0.05, 0.1) is 0 Å². The molecule has 2 aromatic rings. The average molecular weight is 370 g/mol. The number of carbonyl (C=O) groups is 1. The molecule has 0 radical (unpaired) electrons. The van der Waals surface area contributed by atoms with Crippen LogP contribution in [-0.4, -0.2) is 28.7 Å². The van der Waals surface area contributed by atoms with E-state index in [2.05, 4.69) is 35.9 Å². The third-order valence-corrected chi connectivity index (χ3v) is 5.71. The molecule has 26 heavy (non-hydrogen) atoms. The van der Waals surface area contributed by atoms with Crippen LogP contribution in [-0.2, 0) is 17.6 Å². The number of aromatic nitrogens is 2. The molecule has 0 atom stereocenters. The van der Waals surface area contributed by atoms with Gasteiger partial charge in [0.15, 0.2) is 5.16 Å². The van der Waals surface area contributed by atoms with E-state index in [0.29, 0.717) is 12.8 Å². The summed E-state index contributed by atoms with van der Waals surface area (Å²) < 4.78 is 0. The van der Waals surface area contributed by atoms with Gasteiger partial charge in [0.2, 0.25) is 5.91 Å². The highest BCUT2D eigenvalue weighted by Crippen LogP contribution is 2.31. The second-order valence-corrected chi connectivity index (χ2v) is 7.86. The van der Waals surface area contributed by atoms with E-state index in [0.717, 1.165) is 47.2 Å². The van der Waals surface area contributed by atoms with Crippen molar-refractivity contribution in [2.45, 2.75) is 58.5 Å². The van der Waals surface area contributed by atoms with Crippen molar-refractivity contribution < 1.29 is 4.79 Å². The number of hydrogen-bond donors (Lipinski definition) is 0. The first-order chi connectivity index (χ1) is 12.4. The lowest BCUT2D eigenvalue weighted by Gasteiger charge is -2.31. The van der Waals surface area contributed by atoms with E-state index >= 15 is 0 Å². The number of amides is 1. The van der Waals surface area contributed by atoms with E-state index in [4.69, 9.17) is 0 Å². The fourth-order valence-corrected chi connectivity index (χ4v) is 4.32. The van der Waals surface area contributed by atoms with E-state index in [1.165, 1.54) is 16.7 Å². The fraction of sp³-hybridized carbons (Fsp3) is 0.476. The Labute approximate surface area is 160 Å². The summed E-state index contributed by atoms with van der Waals surface area (Å²) in [6.45, 7) is 9.09. The van der Waals surface area contributed by atoms with Crippen LogP contribution in [0, 0.1) is 27.7 Å². The minimum atomic E-state index is 0.198. The van der Waals surface area contributed by atoms with Crippen LogP contribution in [0.4, 0.5) is 5.69 Å². The lowest BCUT2D eigenvalue weighted by molar-refractivity contribution is -0.118. The van der Waals surface area contributed by atoms with Crippen LogP contribution >= 0.6 is 11.8 Å². The van der Waals surface area contributed by atoms with Gasteiger partial charge in [0, 0.05) is 30.0 Å². The highest BCUT2D eigenvalue weighted by molar-refractivity contribution is 7.98. The summed E-state index contributed by atoms with van der Waals surface area (Å²) in [5, 5.41) is 0.797. The topological polar surface area (TPSA) is 46.1 Å². The zero-order valence-corrected chi connectivity index (χ0v) is 17.2. The molecule has 0 saturated carbocycles. The Hall–Kier alpha value is -1.88. The van der Waals surface area contributed by atoms with Crippen LogP contribution in [0.2, 0.25) is 0 Å². The number of benzene rings is 1. The molecular formula is C21H27N3OS. The third-order valence-electron chi connectivity index (χ3n) is 5.17. The van der Waals surface area contributed by atoms with E-state index in [1.807, 2.05) is 25.0 Å². The maximum absolute atomic E-state index is 13.0. The molecule has 1 amide bonds. The number of thioether (sulfide) groups is 1. The van der Waals surface area contributed by atoms with Crippen molar-refractivity contribution in [3.05, 3.63) is 45.8 Å². The van der Waals surface area contributed by atoms with Crippen LogP contribution < -0.4 is 4.90 Å². The molecule has 4 nitrogen and oxygen atoms in total. The molecule has 1 aromatic carbocycles. The molecule has 1 aliphatic rings. The fourth-order valence-electron chi connectivity index (χ4n) is 3.86. The molecule has 1 aromatic heterocycles. The van der Waals surface area contributed by atoms with E-state index in [9.17, 15) is 4.79 Å². The van der Waals surface area contributed by atoms with Crippen molar-refractivity contribution in [1.82, 2.24) is 9.97 Å². The molecule has 3 rings (SSSR count). The van der Waals surface area contributed by atoms with Crippen molar-refractivity contribution >= 4 is 23.4 Å². The van der Waals surface area contributed by atoms with Gasteiger partial charge in [0.25, 0.3) is 0 Å². The van der Waals surface area contributed by atoms with Gasteiger partial charge < -0.3 is 4.90 Å². The van der Waals surface area contributed by atoms with Gasteiger partial charge >= 0.3 is 0 Å². The zero-order chi connectivity index (χ0) is 18.8. The number of fused-ring (bicyclic) bond motifs is 1. The van der Waals surface area contributed by atoms with Gasteiger partial charge in [-0.1, -0.05) is 17.8 Å². The molecule has 0 fully saturated rings. The Bertz CT molecular complexity index is 824. The van der Waals surface area contributed by atoms with E-state index < -0.39 is 0 Å². The molecule has 0 aliphatic carbocycles. The van der Waals surface area contributed by atoms with Gasteiger partial charge in [-0.2, -0.15) is 0 Å². The molecule has 0 unspecified atom stereocenters. The number of anilines is 1. The molecule has 0 N–H and O–H groups in total. The molecular weight excluding hydrogens is 342 g/mol. The Morgan fingerprint density at radius 1 is 1.15 bits per heavy atom. The SMILES string of the molecule is CSc1nc(C)c(CCC(=O)N2CCCc3c(C)cc(C)cc32)c(C)n1. The van der Waals surface area contributed by atoms with Crippen molar-refractivity contribution in [2.24, 2.45) is 0 Å². The predicted molar refractivity (Wildman–Crippen MR) is 108 cm³/mol. The zero-order valence-electron chi connectivity index (χ0n) is 16.3. The third kappa shape index (κ3) is 3.78. The van der Waals surface area contributed by atoms with Crippen molar-refractivity contribution in [2.75, 3.05) is 17.7 Å².